The standard InChI is InChI=1S/C36H50NO2P/c1-32(2,3)23-14-16-30-28(20-23)29-21-24(33(4,5)6)15-17-31(29)37(30)26-18-25(34(7,8)9)19-27(22-26)40-39-36(12,13)35(10,11)38/h14-22,38,40H,1-13H3. The van der Waals surface area contributed by atoms with Crippen molar-refractivity contribution in [2.45, 2.75) is 117 Å². The first-order valence-electron chi connectivity index (χ1n) is 14.5. The van der Waals surface area contributed by atoms with Crippen LogP contribution in [0.15, 0.2) is 54.6 Å². The first-order chi connectivity index (χ1) is 18.1. The highest BCUT2D eigenvalue weighted by Crippen LogP contribution is 2.39. The highest BCUT2D eigenvalue weighted by Gasteiger charge is 2.36. The lowest BCUT2D eigenvalue weighted by Crippen LogP contribution is -2.45. The number of fused-ring (bicyclic) bond motifs is 3. The Bertz CT molecular complexity index is 1480. The minimum atomic E-state index is -0.952. The van der Waals surface area contributed by atoms with Crippen LogP contribution in [0.1, 0.15) is 107 Å². The SMILES string of the molecule is CC(C)(C)c1cc(POC(C)(C)C(C)(C)O)cc(-n2c3ccc(C(C)(C)C)cc3c3cc(C(C)(C)C)ccc32)c1. The van der Waals surface area contributed by atoms with Gasteiger partial charge in [0.15, 0.2) is 0 Å². The van der Waals surface area contributed by atoms with E-state index in [0.29, 0.717) is 0 Å². The van der Waals surface area contributed by atoms with E-state index < -0.39 is 11.2 Å². The number of aromatic nitrogens is 1. The van der Waals surface area contributed by atoms with E-state index in [1.165, 1.54) is 38.5 Å². The molecule has 0 radical (unpaired) electrons. The maximum Gasteiger partial charge on any atom is 0.0950 e. The number of hydrogen-bond acceptors (Lipinski definition) is 2. The maximum atomic E-state index is 10.7. The van der Waals surface area contributed by atoms with E-state index in [2.05, 4.69) is 121 Å². The van der Waals surface area contributed by atoms with Gasteiger partial charge in [-0.15, -0.1) is 0 Å². The Kier molecular flexibility index (Phi) is 7.67. The molecule has 0 saturated heterocycles. The van der Waals surface area contributed by atoms with E-state index in [9.17, 15) is 5.11 Å². The van der Waals surface area contributed by atoms with Crippen LogP contribution < -0.4 is 5.30 Å². The van der Waals surface area contributed by atoms with Gasteiger partial charge < -0.3 is 14.2 Å². The molecule has 1 N–H and O–H groups in total. The second-order valence-corrected chi connectivity index (χ2v) is 16.6. The van der Waals surface area contributed by atoms with Crippen LogP contribution in [0, 0.1) is 0 Å². The normalized spacial score (nSPS) is 14.2. The van der Waals surface area contributed by atoms with Gasteiger partial charge in [0.05, 0.1) is 22.2 Å². The van der Waals surface area contributed by atoms with Gasteiger partial charge in [0.25, 0.3) is 0 Å². The molecule has 40 heavy (non-hydrogen) atoms. The lowest BCUT2D eigenvalue weighted by atomic mass is 9.85. The summed E-state index contributed by atoms with van der Waals surface area (Å²) in [5, 5.41) is 14.4. The molecule has 1 aromatic heterocycles. The molecule has 3 nitrogen and oxygen atoms in total. The van der Waals surface area contributed by atoms with Gasteiger partial charge in [-0.05, 0) is 103 Å². The molecule has 4 rings (SSSR count). The third-order valence-electron chi connectivity index (χ3n) is 8.44. The largest absolute Gasteiger partial charge is 0.387 e. The summed E-state index contributed by atoms with van der Waals surface area (Å²) in [4.78, 5) is 0. The van der Waals surface area contributed by atoms with E-state index in [1.54, 1.807) is 0 Å². The summed E-state index contributed by atoms with van der Waals surface area (Å²) < 4.78 is 8.79. The van der Waals surface area contributed by atoms with Crippen LogP contribution in [-0.4, -0.2) is 20.9 Å². The van der Waals surface area contributed by atoms with E-state index in [0.717, 1.165) is 11.0 Å². The zero-order valence-corrected chi connectivity index (χ0v) is 28.0. The second-order valence-electron chi connectivity index (χ2n) is 15.6. The van der Waals surface area contributed by atoms with Gasteiger partial charge in [-0.3, -0.25) is 0 Å². The van der Waals surface area contributed by atoms with Crippen molar-refractivity contribution in [2.24, 2.45) is 0 Å². The smallest absolute Gasteiger partial charge is 0.0950 e. The lowest BCUT2D eigenvalue weighted by Gasteiger charge is -2.37. The van der Waals surface area contributed by atoms with Crippen molar-refractivity contribution in [2.75, 3.05) is 0 Å². The molecule has 216 valence electrons. The topological polar surface area (TPSA) is 34.4 Å². The summed E-state index contributed by atoms with van der Waals surface area (Å²) in [6.07, 6.45) is 0. The fourth-order valence-electron chi connectivity index (χ4n) is 4.78. The van der Waals surface area contributed by atoms with Crippen molar-refractivity contribution in [3.05, 3.63) is 71.3 Å². The van der Waals surface area contributed by atoms with Gasteiger partial charge in [0.2, 0.25) is 0 Å². The highest BCUT2D eigenvalue weighted by atomic mass is 31.1. The molecular weight excluding hydrogens is 509 g/mol. The Morgan fingerprint density at radius 1 is 0.575 bits per heavy atom. The third-order valence-corrected chi connectivity index (χ3v) is 9.57. The van der Waals surface area contributed by atoms with Gasteiger partial charge in [0.1, 0.15) is 0 Å². The summed E-state index contributed by atoms with van der Waals surface area (Å²) >= 11 is 0. The summed E-state index contributed by atoms with van der Waals surface area (Å²) in [6.45, 7) is 28.0. The van der Waals surface area contributed by atoms with E-state index >= 15 is 0 Å². The van der Waals surface area contributed by atoms with E-state index in [-0.39, 0.29) is 25.1 Å². The molecule has 0 amide bonds. The van der Waals surface area contributed by atoms with Crippen molar-refractivity contribution in [1.82, 2.24) is 4.57 Å². The number of aliphatic hydroxyl groups is 1. The molecule has 0 aliphatic rings. The fraction of sp³-hybridized carbons (Fsp3) is 0.500. The average molecular weight is 560 g/mol. The molecule has 0 fully saturated rings. The zero-order chi connectivity index (χ0) is 30.1. The van der Waals surface area contributed by atoms with Crippen molar-refractivity contribution in [3.8, 4) is 5.69 Å². The van der Waals surface area contributed by atoms with Gasteiger partial charge in [-0.1, -0.05) is 74.4 Å². The van der Waals surface area contributed by atoms with Crippen LogP contribution in [0.4, 0.5) is 0 Å². The molecule has 4 heteroatoms. The summed E-state index contributed by atoms with van der Waals surface area (Å²) in [5.74, 6) is 0. The molecular formula is C36H50NO2P. The average Bonchev–Trinajstić information content (AvgIpc) is 3.13. The predicted octanol–water partition coefficient (Wildman–Crippen LogP) is 9.46. The summed E-state index contributed by atoms with van der Waals surface area (Å²) in [5.41, 5.74) is 6.00. The minimum absolute atomic E-state index is 0.0292. The minimum Gasteiger partial charge on any atom is -0.387 e. The fourth-order valence-corrected chi connectivity index (χ4v) is 5.82. The van der Waals surface area contributed by atoms with Crippen LogP contribution >= 0.6 is 8.81 Å². The Hall–Kier alpha value is -2.19. The van der Waals surface area contributed by atoms with E-state index in [1.807, 2.05) is 27.7 Å². The van der Waals surface area contributed by atoms with Crippen LogP contribution in [0.2, 0.25) is 0 Å². The molecule has 4 aromatic rings. The molecule has 0 aliphatic heterocycles. The first-order valence-corrected chi connectivity index (χ1v) is 15.4. The second kappa shape index (κ2) is 9.97. The monoisotopic (exact) mass is 559 g/mol. The van der Waals surface area contributed by atoms with Crippen molar-refractivity contribution >= 4 is 35.9 Å². The first kappa shape index (κ1) is 30.8. The molecule has 0 bridgehead atoms. The molecule has 0 aliphatic carbocycles. The van der Waals surface area contributed by atoms with Crippen molar-refractivity contribution < 1.29 is 9.63 Å². The van der Waals surface area contributed by atoms with Gasteiger partial charge in [-0.25, -0.2) is 0 Å². The Labute approximate surface area is 244 Å². The maximum absolute atomic E-state index is 10.7. The van der Waals surface area contributed by atoms with Gasteiger partial charge >= 0.3 is 0 Å². The molecule has 1 unspecified atom stereocenters. The number of benzene rings is 3. The summed E-state index contributed by atoms with van der Waals surface area (Å²) in [7, 11) is 0.117. The number of nitrogens with zero attached hydrogens (tertiary/aromatic N) is 1. The number of hydrogen-bond donors (Lipinski definition) is 1. The third kappa shape index (κ3) is 6.03. The van der Waals surface area contributed by atoms with Crippen molar-refractivity contribution in [1.29, 1.82) is 0 Å². The van der Waals surface area contributed by atoms with Crippen LogP contribution in [0.25, 0.3) is 27.5 Å². The quantitative estimate of drug-likeness (QED) is 0.247. The zero-order valence-electron chi connectivity index (χ0n) is 27.0. The van der Waals surface area contributed by atoms with Crippen LogP contribution in [0.5, 0.6) is 0 Å². The van der Waals surface area contributed by atoms with Crippen molar-refractivity contribution in [3.63, 3.8) is 0 Å². The Morgan fingerprint density at radius 2 is 1.02 bits per heavy atom. The highest BCUT2D eigenvalue weighted by molar-refractivity contribution is 7.42. The molecule has 0 saturated carbocycles. The summed E-state index contributed by atoms with van der Waals surface area (Å²) in [6, 6.07) is 20.8. The van der Waals surface area contributed by atoms with Gasteiger partial charge in [-0.2, -0.15) is 0 Å². The molecule has 0 spiro atoms. The van der Waals surface area contributed by atoms with Crippen LogP contribution in [0.3, 0.4) is 0 Å². The molecule has 3 aromatic carbocycles. The Morgan fingerprint density at radius 3 is 1.43 bits per heavy atom. The van der Waals surface area contributed by atoms with E-state index in [4.69, 9.17) is 4.52 Å². The predicted molar refractivity (Wildman–Crippen MR) is 176 cm³/mol. The number of rotatable bonds is 5. The lowest BCUT2D eigenvalue weighted by molar-refractivity contribution is -0.0833. The molecule has 1 heterocycles. The Balaban J connectivity index is 2.00. The molecule has 1 atom stereocenters. The van der Waals surface area contributed by atoms with Crippen LogP contribution in [-0.2, 0) is 20.8 Å². The van der Waals surface area contributed by atoms with Gasteiger partial charge in [0, 0.05) is 30.6 Å².